The lowest BCUT2D eigenvalue weighted by Gasteiger charge is -2.14. The Morgan fingerprint density at radius 3 is 2.45 bits per heavy atom. The van der Waals surface area contributed by atoms with Gasteiger partial charge in [-0.25, -0.2) is 0 Å². The molecule has 0 heterocycles. The molecule has 0 radical (unpaired) electrons. The summed E-state index contributed by atoms with van der Waals surface area (Å²) in [5.41, 5.74) is 1.65. The van der Waals surface area contributed by atoms with E-state index in [2.05, 4.69) is 5.32 Å². The van der Waals surface area contributed by atoms with E-state index in [1.54, 1.807) is 67.8 Å². The van der Waals surface area contributed by atoms with Crippen LogP contribution in [0.3, 0.4) is 0 Å². The highest BCUT2D eigenvalue weighted by Gasteiger charge is 2.15. The van der Waals surface area contributed by atoms with E-state index in [1.165, 1.54) is 13.2 Å². The van der Waals surface area contributed by atoms with Crippen molar-refractivity contribution in [1.29, 1.82) is 5.26 Å². The summed E-state index contributed by atoms with van der Waals surface area (Å²) < 4.78 is 16.5. The molecule has 0 unspecified atom stereocenters. The molecule has 0 spiro atoms. The highest BCUT2D eigenvalue weighted by atomic mass is 35.5. The number of halogens is 2. The number of benzene rings is 3. The first kappa shape index (κ1) is 24.0. The summed E-state index contributed by atoms with van der Waals surface area (Å²) >= 11 is 12.2. The topological polar surface area (TPSA) is 80.6 Å². The number of methoxy groups -OCH3 is 2. The average Bonchev–Trinajstić information content (AvgIpc) is 2.82. The number of amides is 1. The Morgan fingerprint density at radius 2 is 1.82 bits per heavy atom. The molecule has 0 aliphatic carbocycles. The molecular weight excluding hydrogens is 463 g/mol. The predicted molar refractivity (Wildman–Crippen MR) is 129 cm³/mol. The standard InChI is InChI=1S/C25H20Cl2N2O4/c1-31-21-10-8-20(9-11-21)29-25(30)18(14-28)12-16-4-3-5-23(32-2)24(16)33-15-17-6-7-19(26)13-22(17)27/h3-13H,15H2,1-2H3,(H,29,30). The highest BCUT2D eigenvalue weighted by molar-refractivity contribution is 6.35. The largest absolute Gasteiger partial charge is 0.497 e. The zero-order valence-corrected chi connectivity index (χ0v) is 19.4. The van der Waals surface area contributed by atoms with Gasteiger partial charge in [-0.05, 0) is 48.5 Å². The van der Waals surface area contributed by atoms with Crippen LogP contribution in [0.5, 0.6) is 17.2 Å². The Morgan fingerprint density at radius 1 is 1.06 bits per heavy atom. The van der Waals surface area contributed by atoms with Gasteiger partial charge in [-0.3, -0.25) is 4.79 Å². The van der Waals surface area contributed by atoms with Crippen molar-refractivity contribution < 1.29 is 19.0 Å². The number of hydrogen-bond donors (Lipinski definition) is 1. The minimum absolute atomic E-state index is 0.103. The molecule has 0 fully saturated rings. The summed E-state index contributed by atoms with van der Waals surface area (Å²) in [4.78, 5) is 12.7. The lowest BCUT2D eigenvalue weighted by molar-refractivity contribution is -0.112. The summed E-state index contributed by atoms with van der Waals surface area (Å²) in [6, 6.07) is 19.0. The van der Waals surface area contributed by atoms with Crippen molar-refractivity contribution in [1.82, 2.24) is 0 Å². The molecule has 0 aromatic heterocycles. The van der Waals surface area contributed by atoms with Crippen molar-refractivity contribution >= 4 is 40.9 Å². The average molecular weight is 483 g/mol. The van der Waals surface area contributed by atoms with Gasteiger partial charge in [-0.15, -0.1) is 0 Å². The van der Waals surface area contributed by atoms with Gasteiger partial charge in [-0.2, -0.15) is 5.26 Å². The molecule has 168 valence electrons. The molecular formula is C25H20Cl2N2O4. The fraction of sp³-hybridized carbons (Fsp3) is 0.120. The van der Waals surface area contributed by atoms with Crippen molar-refractivity contribution in [3.63, 3.8) is 0 Å². The smallest absolute Gasteiger partial charge is 0.266 e. The second-order valence-electron chi connectivity index (χ2n) is 6.76. The predicted octanol–water partition coefficient (Wildman–Crippen LogP) is 6.14. The maximum atomic E-state index is 12.7. The molecule has 0 saturated heterocycles. The van der Waals surface area contributed by atoms with E-state index < -0.39 is 5.91 Å². The van der Waals surface area contributed by atoms with E-state index in [0.29, 0.717) is 38.5 Å². The molecule has 1 N–H and O–H groups in total. The van der Waals surface area contributed by atoms with Gasteiger partial charge in [0.25, 0.3) is 5.91 Å². The second-order valence-corrected chi connectivity index (χ2v) is 7.60. The minimum Gasteiger partial charge on any atom is -0.497 e. The molecule has 3 rings (SSSR count). The van der Waals surface area contributed by atoms with E-state index in [4.69, 9.17) is 37.4 Å². The van der Waals surface area contributed by atoms with Gasteiger partial charge < -0.3 is 19.5 Å². The summed E-state index contributed by atoms with van der Waals surface area (Å²) in [6.07, 6.45) is 1.44. The van der Waals surface area contributed by atoms with Gasteiger partial charge in [0.2, 0.25) is 0 Å². The van der Waals surface area contributed by atoms with Gasteiger partial charge in [0, 0.05) is 26.9 Å². The van der Waals surface area contributed by atoms with Gasteiger partial charge in [0.05, 0.1) is 14.2 Å². The molecule has 8 heteroatoms. The van der Waals surface area contributed by atoms with Gasteiger partial charge in [0.1, 0.15) is 24.0 Å². The quantitative estimate of drug-likeness (QED) is 0.308. The number of carbonyl (C=O) groups excluding carboxylic acids is 1. The third kappa shape index (κ3) is 6.19. The van der Waals surface area contributed by atoms with Crippen LogP contribution in [0.2, 0.25) is 10.0 Å². The van der Waals surface area contributed by atoms with E-state index in [9.17, 15) is 10.1 Å². The first-order valence-electron chi connectivity index (χ1n) is 9.76. The van der Waals surface area contributed by atoms with Gasteiger partial charge in [0.15, 0.2) is 11.5 Å². The van der Waals surface area contributed by atoms with Crippen molar-refractivity contribution in [2.24, 2.45) is 0 Å². The number of ether oxygens (including phenoxy) is 3. The van der Waals surface area contributed by atoms with Crippen LogP contribution in [-0.4, -0.2) is 20.1 Å². The normalized spacial score (nSPS) is 10.8. The summed E-state index contributed by atoms with van der Waals surface area (Å²) in [7, 11) is 3.06. The number of carbonyl (C=O) groups is 1. The second kappa shape index (κ2) is 11.3. The highest BCUT2D eigenvalue weighted by Crippen LogP contribution is 2.34. The number of hydrogen-bond acceptors (Lipinski definition) is 5. The van der Waals surface area contributed by atoms with E-state index in [0.717, 1.165) is 5.56 Å². The van der Waals surface area contributed by atoms with Crippen LogP contribution in [0.1, 0.15) is 11.1 Å². The molecule has 6 nitrogen and oxygen atoms in total. The van der Waals surface area contributed by atoms with E-state index in [-0.39, 0.29) is 12.2 Å². The summed E-state index contributed by atoms with van der Waals surface area (Å²) in [5, 5.41) is 13.3. The summed E-state index contributed by atoms with van der Waals surface area (Å²) in [6.45, 7) is 0.136. The fourth-order valence-corrected chi connectivity index (χ4v) is 3.39. The number of nitriles is 1. The van der Waals surface area contributed by atoms with Crippen molar-refractivity contribution in [2.45, 2.75) is 6.61 Å². The van der Waals surface area contributed by atoms with Crippen LogP contribution >= 0.6 is 23.2 Å². The number of para-hydroxylation sites is 1. The SMILES string of the molecule is COc1ccc(NC(=O)C(C#N)=Cc2cccc(OC)c2OCc2ccc(Cl)cc2Cl)cc1. The molecule has 3 aromatic rings. The molecule has 0 atom stereocenters. The number of nitrogens with one attached hydrogen (secondary N) is 1. The summed E-state index contributed by atoms with van der Waals surface area (Å²) in [5.74, 6) is 0.915. The maximum Gasteiger partial charge on any atom is 0.266 e. The molecule has 0 aliphatic heterocycles. The Kier molecular flexibility index (Phi) is 8.20. The zero-order chi connectivity index (χ0) is 23.8. The van der Waals surface area contributed by atoms with Crippen molar-refractivity contribution in [3.05, 3.63) is 87.4 Å². The maximum absolute atomic E-state index is 12.7. The van der Waals surface area contributed by atoms with Gasteiger partial charge in [-0.1, -0.05) is 41.4 Å². The van der Waals surface area contributed by atoms with Crippen LogP contribution < -0.4 is 19.5 Å². The number of anilines is 1. The minimum atomic E-state index is -0.558. The van der Waals surface area contributed by atoms with Crippen molar-refractivity contribution in [3.8, 4) is 23.3 Å². The monoisotopic (exact) mass is 482 g/mol. The van der Waals surface area contributed by atoms with Crippen LogP contribution in [0.4, 0.5) is 5.69 Å². The third-order valence-electron chi connectivity index (χ3n) is 4.63. The molecule has 33 heavy (non-hydrogen) atoms. The van der Waals surface area contributed by atoms with Crippen LogP contribution in [0.15, 0.2) is 66.2 Å². The van der Waals surface area contributed by atoms with Crippen LogP contribution in [0, 0.1) is 11.3 Å². The molecule has 0 aliphatic rings. The fourth-order valence-electron chi connectivity index (χ4n) is 2.93. The Labute approximate surface area is 201 Å². The zero-order valence-electron chi connectivity index (χ0n) is 17.9. The van der Waals surface area contributed by atoms with Crippen LogP contribution in [0.25, 0.3) is 6.08 Å². The molecule has 0 bridgehead atoms. The Balaban J connectivity index is 1.86. The van der Waals surface area contributed by atoms with Crippen molar-refractivity contribution in [2.75, 3.05) is 19.5 Å². The lowest BCUT2D eigenvalue weighted by Crippen LogP contribution is -2.13. The Hall–Kier alpha value is -3.66. The van der Waals surface area contributed by atoms with E-state index in [1.807, 2.05) is 6.07 Å². The first-order valence-corrected chi connectivity index (χ1v) is 10.5. The van der Waals surface area contributed by atoms with E-state index >= 15 is 0 Å². The third-order valence-corrected chi connectivity index (χ3v) is 5.22. The van der Waals surface area contributed by atoms with Gasteiger partial charge >= 0.3 is 0 Å². The van der Waals surface area contributed by atoms with Crippen LogP contribution in [-0.2, 0) is 11.4 Å². The number of rotatable bonds is 8. The molecule has 0 saturated carbocycles. The number of nitrogens with zero attached hydrogens (tertiary/aromatic N) is 1. The molecule has 1 amide bonds. The molecule has 3 aromatic carbocycles. The Bertz CT molecular complexity index is 1220. The lowest BCUT2D eigenvalue weighted by atomic mass is 10.1. The first-order chi connectivity index (χ1) is 15.9.